The van der Waals surface area contributed by atoms with Gasteiger partial charge in [0.2, 0.25) is 0 Å². The van der Waals surface area contributed by atoms with Gasteiger partial charge in [0.25, 0.3) is 0 Å². The highest BCUT2D eigenvalue weighted by Gasteiger charge is 2.18. The number of thioether (sulfide) groups is 1. The summed E-state index contributed by atoms with van der Waals surface area (Å²) in [4.78, 5) is 0.391. The van der Waals surface area contributed by atoms with Crippen LogP contribution in [0.5, 0.6) is 0 Å². The minimum Gasteiger partial charge on any atom is -0.381 e. The van der Waals surface area contributed by atoms with E-state index < -0.39 is 9.84 Å². The van der Waals surface area contributed by atoms with Crippen molar-refractivity contribution in [3.8, 4) is 0 Å². The molecule has 1 aliphatic heterocycles. The van der Waals surface area contributed by atoms with E-state index in [2.05, 4.69) is 0 Å². The number of rotatable bonds is 6. The van der Waals surface area contributed by atoms with E-state index >= 15 is 0 Å². The maximum Gasteiger partial charge on any atom is 0.179 e. The third kappa shape index (κ3) is 4.48. The second-order valence-corrected chi connectivity index (χ2v) is 8.37. The first-order valence-corrected chi connectivity index (χ1v) is 9.53. The van der Waals surface area contributed by atoms with Gasteiger partial charge >= 0.3 is 0 Å². The van der Waals surface area contributed by atoms with Crippen molar-refractivity contribution in [1.82, 2.24) is 0 Å². The lowest BCUT2D eigenvalue weighted by Gasteiger charge is -2.21. The Hall–Kier alpha value is -0.560. The van der Waals surface area contributed by atoms with E-state index in [1.165, 1.54) is 0 Å². The zero-order valence-corrected chi connectivity index (χ0v) is 13.1. The molecule has 0 unspecified atom stereocenters. The molecule has 0 radical (unpaired) electrons. The van der Waals surface area contributed by atoms with Gasteiger partial charge in [-0.3, -0.25) is 0 Å². The van der Waals surface area contributed by atoms with E-state index in [9.17, 15) is 8.42 Å². The van der Waals surface area contributed by atoms with Crippen molar-refractivity contribution in [3.05, 3.63) is 29.8 Å². The summed E-state index contributed by atoms with van der Waals surface area (Å²) in [5.41, 5.74) is 6.45. The van der Waals surface area contributed by atoms with Gasteiger partial charge in [0, 0.05) is 30.8 Å². The molecule has 1 aromatic rings. The van der Waals surface area contributed by atoms with Crippen molar-refractivity contribution in [2.75, 3.05) is 24.7 Å². The minimum atomic E-state index is -3.18. The Morgan fingerprint density at radius 2 is 1.85 bits per heavy atom. The molecule has 1 fully saturated rings. The van der Waals surface area contributed by atoms with Gasteiger partial charge in [-0.05, 0) is 30.5 Å². The van der Waals surface area contributed by atoms with Crippen LogP contribution in [-0.2, 0) is 21.1 Å². The van der Waals surface area contributed by atoms with Gasteiger partial charge in [-0.1, -0.05) is 12.1 Å². The second kappa shape index (κ2) is 7.45. The van der Waals surface area contributed by atoms with E-state index in [1.807, 2.05) is 0 Å². The molecule has 1 aliphatic rings. The minimum absolute atomic E-state index is 0.191. The summed E-state index contributed by atoms with van der Waals surface area (Å²) in [6, 6.07) is 6.85. The van der Waals surface area contributed by atoms with Crippen molar-refractivity contribution in [2.45, 2.75) is 29.5 Å². The fourth-order valence-corrected chi connectivity index (χ4v) is 5.03. The fourth-order valence-electron chi connectivity index (χ4n) is 2.12. The molecule has 1 aromatic carbocycles. The zero-order chi connectivity index (χ0) is 14.4. The molecule has 0 spiro atoms. The number of hydrogen-bond acceptors (Lipinski definition) is 5. The number of ether oxygens (including phenoxy) is 1. The molecule has 0 amide bonds. The number of hydrogen-bond donors (Lipinski definition) is 1. The van der Waals surface area contributed by atoms with E-state index in [1.54, 1.807) is 36.0 Å². The lowest BCUT2D eigenvalue weighted by atomic mass is 10.2. The molecule has 1 heterocycles. The van der Waals surface area contributed by atoms with Crippen molar-refractivity contribution in [1.29, 1.82) is 0 Å². The molecule has 1 saturated heterocycles. The summed E-state index contributed by atoms with van der Waals surface area (Å²) >= 11 is 1.75. The number of sulfone groups is 1. The van der Waals surface area contributed by atoms with Gasteiger partial charge in [-0.25, -0.2) is 8.42 Å². The van der Waals surface area contributed by atoms with Crippen LogP contribution in [0, 0.1) is 0 Å². The molecular weight excluding hydrogens is 294 g/mol. The third-order valence-electron chi connectivity index (χ3n) is 3.39. The third-order valence-corrected chi connectivity index (χ3v) is 6.77. The van der Waals surface area contributed by atoms with Gasteiger partial charge in [0.05, 0.1) is 10.6 Å². The van der Waals surface area contributed by atoms with Crippen LogP contribution in [0.15, 0.2) is 29.2 Å². The lowest BCUT2D eigenvalue weighted by molar-refractivity contribution is 0.100. The average Bonchev–Trinajstić information content (AvgIpc) is 2.48. The number of nitrogens with two attached hydrogens (primary N) is 1. The molecule has 2 N–H and O–H groups in total. The highest BCUT2D eigenvalue weighted by atomic mass is 32.2. The topological polar surface area (TPSA) is 69.4 Å². The Morgan fingerprint density at radius 3 is 2.45 bits per heavy atom. The molecule has 4 nitrogen and oxygen atoms in total. The standard InChI is InChI=1S/C14H21NO3S2/c15-11-12-1-3-14(4-2-12)20(16,17)10-9-19-13-5-7-18-8-6-13/h1-4,13H,5-11,15H2. The summed E-state index contributed by atoms with van der Waals surface area (Å²) in [7, 11) is -3.18. The van der Waals surface area contributed by atoms with Crippen LogP contribution in [0.2, 0.25) is 0 Å². The maximum atomic E-state index is 12.2. The molecular formula is C14H21NO3S2. The predicted molar refractivity (Wildman–Crippen MR) is 82.7 cm³/mol. The molecule has 20 heavy (non-hydrogen) atoms. The molecule has 2 rings (SSSR count). The smallest absolute Gasteiger partial charge is 0.179 e. The van der Waals surface area contributed by atoms with Crippen LogP contribution in [0.3, 0.4) is 0 Å². The largest absolute Gasteiger partial charge is 0.381 e. The average molecular weight is 315 g/mol. The van der Waals surface area contributed by atoms with Crippen LogP contribution >= 0.6 is 11.8 Å². The van der Waals surface area contributed by atoms with Crippen LogP contribution in [0.4, 0.5) is 0 Å². The van der Waals surface area contributed by atoms with Crippen molar-refractivity contribution in [3.63, 3.8) is 0 Å². The zero-order valence-electron chi connectivity index (χ0n) is 11.5. The highest BCUT2D eigenvalue weighted by molar-refractivity contribution is 8.01. The Bertz CT molecular complexity index is 508. The van der Waals surface area contributed by atoms with Crippen LogP contribution in [0.1, 0.15) is 18.4 Å². The summed E-state index contributed by atoms with van der Waals surface area (Å²) < 4.78 is 29.7. The summed E-state index contributed by atoms with van der Waals surface area (Å²) in [6.45, 7) is 2.02. The van der Waals surface area contributed by atoms with Crippen molar-refractivity contribution < 1.29 is 13.2 Å². The van der Waals surface area contributed by atoms with Gasteiger partial charge in [-0.2, -0.15) is 11.8 Å². The van der Waals surface area contributed by atoms with Crippen molar-refractivity contribution in [2.24, 2.45) is 5.73 Å². The van der Waals surface area contributed by atoms with E-state index in [4.69, 9.17) is 10.5 Å². The van der Waals surface area contributed by atoms with Gasteiger partial charge < -0.3 is 10.5 Å². The van der Waals surface area contributed by atoms with E-state index in [0.29, 0.717) is 22.4 Å². The Labute approximate surface area is 125 Å². The van der Waals surface area contributed by atoms with E-state index in [0.717, 1.165) is 31.6 Å². The Kier molecular flexibility index (Phi) is 5.89. The van der Waals surface area contributed by atoms with Crippen LogP contribution < -0.4 is 5.73 Å². The molecule has 112 valence electrons. The Balaban J connectivity index is 1.86. The molecule has 0 atom stereocenters. The number of benzene rings is 1. The monoisotopic (exact) mass is 315 g/mol. The highest BCUT2D eigenvalue weighted by Crippen LogP contribution is 2.23. The van der Waals surface area contributed by atoms with Crippen molar-refractivity contribution >= 4 is 21.6 Å². The molecule has 0 aromatic heterocycles. The quantitative estimate of drug-likeness (QED) is 0.867. The first-order chi connectivity index (χ1) is 9.62. The lowest BCUT2D eigenvalue weighted by Crippen LogP contribution is -2.19. The van der Waals surface area contributed by atoms with Gasteiger partial charge in [-0.15, -0.1) is 0 Å². The SMILES string of the molecule is NCc1ccc(S(=O)(=O)CCSC2CCOCC2)cc1. The Morgan fingerprint density at radius 1 is 1.20 bits per heavy atom. The normalized spacial score (nSPS) is 17.2. The summed E-state index contributed by atoms with van der Waals surface area (Å²) in [5.74, 6) is 0.836. The van der Waals surface area contributed by atoms with Crippen LogP contribution in [0.25, 0.3) is 0 Å². The molecule has 0 bridgehead atoms. The summed E-state index contributed by atoms with van der Waals surface area (Å²) in [5, 5.41) is 0.540. The van der Waals surface area contributed by atoms with Gasteiger partial charge in [0.1, 0.15) is 0 Å². The summed E-state index contributed by atoms with van der Waals surface area (Å²) in [6.07, 6.45) is 2.05. The first-order valence-electron chi connectivity index (χ1n) is 6.83. The van der Waals surface area contributed by atoms with Gasteiger partial charge in [0.15, 0.2) is 9.84 Å². The molecule has 0 saturated carbocycles. The first kappa shape index (κ1) is 15.8. The predicted octanol–water partition coefficient (Wildman–Crippen LogP) is 1.83. The van der Waals surface area contributed by atoms with E-state index in [-0.39, 0.29) is 5.75 Å². The second-order valence-electron chi connectivity index (χ2n) is 4.85. The molecule has 0 aliphatic carbocycles. The maximum absolute atomic E-state index is 12.2. The molecule has 6 heteroatoms. The fraction of sp³-hybridized carbons (Fsp3) is 0.571. The van der Waals surface area contributed by atoms with Crippen LogP contribution in [-0.4, -0.2) is 38.4 Å².